The van der Waals surface area contributed by atoms with Gasteiger partial charge in [-0.2, -0.15) is 10.5 Å². The van der Waals surface area contributed by atoms with E-state index in [-0.39, 0.29) is 0 Å². The number of nitrogens with zero attached hydrogens (tertiary/aromatic N) is 2. The fraction of sp³-hybridized carbons (Fsp3) is 0.412. The summed E-state index contributed by atoms with van der Waals surface area (Å²) < 4.78 is 7.30. The summed E-state index contributed by atoms with van der Waals surface area (Å²) in [4.78, 5) is 0. The smallest absolute Gasteiger partial charge is 0.186 e. The lowest BCUT2D eigenvalue weighted by Gasteiger charge is -2.35. The molecule has 1 aliphatic rings. The zero-order chi connectivity index (χ0) is 16.4. The maximum atomic E-state index is 9.69. The molecule has 114 valence electrons. The fourth-order valence-corrected chi connectivity index (χ4v) is 4.74. The van der Waals surface area contributed by atoms with Crippen molar-refractivity contribution in [2.75, 3.05) is 0 Å². The Bertz CT molecular complexity index is 694. The summed E-state index contributed by atoms with van der Waals surface area (Å²) in [5, 5.41) is 18.8. The number of hydrogen-bond donors (Lipinski definition) is 0. The summed E-state index contributed by atoms with van der Waals surface area (Å²) in [5.41, 5.74) is 2.00. The van der Waals surface area contributed by atoms with Gasteiger partial charge in [-0.05, 0) is 96.9 Å². The van der Waals surface area contributed by atoms with E-state index in [4.69, 9.17) is 9.69 Å². The van der Waals surface area contributed by atoms with Crippen molar-refractivity contribution in [3.63, 3.8) is 0 Å². The van der Waals surface area contributed by atoms with E-state index in [1.807, 2.05) is 24.3 Å². The van der Waals surface area contributed by atoms with Crippen LogP contribution in [-0.2, 0) is 4.43 Å². The highest BCUT2D eigenvalue weighted by atomic mass is 127. The first-order valence-corrected chi connectivity index (χ1v) is 11.8. The Labute approximate surface area is 146 Å². The third-order valence-corrected chi connectivity index (χ3v) is 5.44. The molecule has 0 amide bonds. The molecule has 5 heteroatoms. The van der Waals surface area contributed by atoms with Crippen LogP contribution >= 0.6 is 22.6 Å². The second kappa shape index (κ2) is 6.53. The van der Waals surface area contributed by atoms with Crippen LogP contribution in [0.4, 0.5) is 0 Å². The molecule has 0 saturated heterocycles. The van der Waals surface area contributed by atoms with Gasteiger partial charge in [-0.25, -0.2) is 0 Å². The molecule has 1 aromatic carbocycles. The van der Waals surface area contributed by atoms with Crippen LogP contribution in [0.3, 0.4) is 0 Å². The monoisotopic (exact) mass is 422 g/mol. The van der Waals surface area contributed by atoms with Crippen molar-refractivity contribution in [2.24, 2.45) is 0 Å². The summed E-state index contributed by atoms with van der Waals surface area (Å²) in [6.45, 7) is 6.32. The predicted molar refractivity (Wildman–Crippen MR) is 98.5 cm³/mol. The molecular weight excluding hydrogens is 403 g/mol. The average Bonchev–Trinajstić information content (AvgIpc) is 2.46. The van der Waals surface area contributed by atoms with Gasteiger partial charge in [-0.3, -0.25) is 0 Å². The first-order chi connectivity index (χ1) is 10.3. The zero-order valence-electron chi connectivity index (χ0n) is 13.1. The summed E-state index contributed by atoms with van der Waals surface area (Å²) in [5.74, 6) is 0. The van der Waals surface area contributed by atoms with Gasteiger partial charge in [0, 0.05) is 3.57 Å². The van der Waals surface area contributed by atoms with Gasteiger partial charge in [0.1, 0.15) is 6.07 Å². The van der Waals surface area contributed by atoms with Gasteiger partial charge in [0.2, 0.25) is 0 Å². The number of hydrogen-bond acceptors (Lipinski definition) is 3. The Morgan fingerprint density at radius 2 is 2.00 bits per heavy atom. The zero-order valence-corrected chi connectivity index (χ0v) is 16.3. The van der Waals surface area contributed by atoms with Gasteiger partial charge >= 0.3 is 0 Å². The summed E-state index contributed by atoms with van der Waals surface area (Å²) in [6, 6.07) is 10.3. The van der Waals surface area contributed by atoms with Crippen molar-refractivity contribution >= 4 is 36.5 Å². The second-order valence-corrected chi connectivity index (χ2v) is 12.1. The summed E-state index contributed by atoms with van der Waals surface area (Å²) >= 11 is 2.28. The minimum atomic E-state index is -1.82. The molecule has 0 heterocycles. The average molecular weight is 422 g/mol. The molecule has 1 unspecified atom stereocenters. The lowest BCUT2D eigenvalue weighted by atomic mass is 9.84. The molecule has 1 aliphatic carbocycles. The van der Waals surface area contributed by atoms with Crippen LogP contribution in [0.15, 0.2) is 24.3 Å². The van der Waals surface area contributed by atoms with Gasteiger partial charge < -0.3 is 4.43 Å². The SMILES string of the molecule is C[Si](C)(C)OC1(C#N)C=C(c2cc(C#N)ccc2I)CCC1. The molecule has 22 heavy (non-hydrogen) atoms. The van der Waals surface area contributed by atoms with Crippen LogP contribution in [-0.4, -0.2) is 13.9 Å². The van der Waals surface area contributed by atoms with Crippen LogP contribution in [0.25, 0.3) is 5.57 Å². The normalized spacial score (nSPS) is 21.6. The largest absolute Gasteiger partial charge is 0.397 e. The van der Waals surface area contributed by atoms with E-state index in [9.17, 15) is 5.26 Å². The highest BCUT2D eigenvalue weighted by Crippen LogP contribution is 2.37. The molecule has 0 fully saturated rings. The molecule has 0 saturated carbocycles. The van der Waals surface area contributed by atoms with E-state index in [1.165, 1.54) is 0 Å². The van der Waals surface area contributed by atoms with Gasteiger partial charge in [-0.1, -0.05) is 0 Å². The Balaban J connectivity index is 2.48. The molecule has 1 aromatic rings. The molecule has 2 rings (SSSR count). The maximum absolute atomic E-state index is 9.69. The maximum Gasteiger partial charge on any atom is 0.186 e. The number of rotatable bonds is 3. The van der Waals surface area contributed by atoms with Crippen LogP contribution in [0.1, 0.15) is 30.4 Å². The molecule has 0 aliphatic heterocycles. The molecule has 0 spiro atoms. The van der Waals surface area contributed by atoms with Crippen LogP contribution in [0.5, 0.6) is 0 Å². The Hall–Kier alpha value is -1.15. The predicted octanol–water partition coefficient (Wildman–Crippen LogP) is 4.84. The third kappa shape index (κ3) is 3.98. The van der Waals surface area contributed by atoms with Crippen molar-refractivity contribution in [2.45, 2.75) is 44.5 Å². The summed E-state index contributed by atoms with van der Waals surface area (Å²) in [7, 11) is -1.82. The van der Waals surface area contributed by atoms with E-state index in [2.05, 4.69) is 54.4 Å². The lowest BCUT2D eigenvalue weighted by molar-refractivity contribution is 0.154. The molecule has 0 bridgehead atoms. The summed E-state index contributed by atoms with van der Waals surface area (Å²) in [6.07, 6.45) is 4.58. The van der Waals surface area contributed by atoms with Gasteiger partial charge in [-0.15, -0.1) is 0 Å². The second-order valence-electron chi connectivity index (χ2n) is 6.55. The fourth-order valence-electron chi connectivity index (χ4n) is 2.76. The Morgan fingerprint density at radius 1 is 1.27 bits per heavy atom. The van der Waals surface area contributed by atoms with Crippen molar-refractivity contribution in [1.29, 1.82) is 10.5 Å². The van der Waals surface area contributed by atoms with Gasteiger partial charge in [0.25, 0.3) is 0 Å². The standard InChI is InChI=1S/C17H19IN2OSi/c1-22(2,3)21-17(12-20)8-4-5-14(10-17)15-9-13(11-19)6-7-16(15)18/h6-7,9-10H,4-5,8H2,1-3H3. The van der Waals surface area contributed by atoms with E-state index >= 15 is 0 Å². The van der Waals surface area contributed by atoms with Crippen molar-refractivity contribution in [1.82, 2.24) is 0 Å². The molecule has 0 radical (unpaired) electrons. The van der Waals surface area contributed by atoms with E-state index in [1.54, 1.807) is 0 Å². The molecule has 0 aromatic heterocycles. The van der Waals surface area contributed by atoms with Crippen LogP contribution in [0, 0.1) is 26.2 Å². The number of nitriles is 2. The minimum absolute atomic E-state index is 0.649. The highest BCUT2D eigenvalue weighted by molar-refractivity contribution is 14.1. The Kier molecular flexibility index (Phi) is 5.11. The molecule has 3 nitrogen and oxygen atoms in total. The van der Waals surface area contributed by atoms with E-state index < -0.39 is 13.9 Å². The number of allylic oxidation sites excluding steroid dienone is 1. The van der Waals surface area contributed by atoms with E-state index in [0.717, 1.165) is 34.0 Å². The minimum Gasteiger partial charge on any atom is -0.397 e. The molecular formula is C17H19IN2OSi. The number of benzene rings is 1. The van der Waals surface area contributed by atoms with Gasteiger partial charge in [0.05, 0.1) is 11.6 Å². The molecule has 1 atom stereocenters. The van der Waals surface area contributed by atoms with Gasteiger partial charge in [0.15, 0.2) is 13.9 Å². The van der Waals surface area contributed by atoms with Crippen molar-refractivity contribution in [3.8, 4) is 12.1 Å². The van der Waals surface area contributed by atoms with Crippen LogP contribution < -0.4 is 0 Å². The molecule has 0 N–H and O–H groups in total. The van der Waals surface area contributed by atoms with E-state index in [0.29, 0.717) is 5.56 Å². The lowest BCUT2D eigenvalue weighted by Crippen LogP contribution is -2.41. The third-order valence-electron chi connectivity index (χ3n) is 3.52. The first kappa shape index (κ1) is 17.2. The first-order valence-electron chi connectivity index (χ1n) is 7.32. The highest BCUT2D eigenvalue weighted by Gasteiger charge is 2.37. The topological polar surface area (TPSA) is 56.8 Å². The Morgan fingerprint density at radius 3 is 2.59 bits per heavy atom. The van der Waals surface area contributed by atoms with Crippen LogP contribution in [0.2, 0.25) is 19.6 Å². The van der Waals surface area contributed by atoms with Crippen molar-refractivity contribution in [3.05, 3.63) is 39.0 Å². The number of halogens is 1. The quantitative estimate of drug-likeness (QED) is 0.517. The van der Waals surface area contributed by atoms with Crippen molar-refractivity contribution < 1.29 is 4.43 Å².